The zero-order valence-electron chi connectivity index (χ0n) is 11.6. The Bertz CT molecular complexity index is 511. The van der Waals surface area contributed by atoms with E-state index in [0.29, 0.717) is 10.6 Å². The van der Waals surface area contributed by atoms with Gasteiger partial charge >= 0.3 is 5.97 Å². The van der Waals surface area contributed by atoms with E-state index in [-0.39, 0.29) is 5.97 Å². The number of aryl methyl sites for hydroxylation is 1. The average Bonchev–Trinajstić information content (AvgIpc) is 2.45. The Morgan fingerprint density at radius 3 is 2.58 bits per heavy atom. The molecule has 1 rings (SSSR count). The SMILES string of the molecule is CCc1nnc(SC(C)C(=O)OC)c(C#N)c1CC. The number of hydrogen-bond acceptors (Lipinski definition) is 6. The Kier molecular flexibility index (Phi) is 5.77. The van der Waals surface area contributed by atoms with Crippen LogP contribution in [0.3, 0.4) is 0 Å². The summed E-state index contributed by atoms with van der Waals surface area (Å²) in [7, 11) is 1.34. The first-order valence-electron chi connectivity index (χ1n) is 6.11. The third-order valence-electron chi connectivity index (χ3n) is 2.75. The van der Waals surface area contributed by atoms with E-state index in [1.165, 1.54) is 18.9 Å². The van der Waals surface area contributed by atoms with Crippen LogP contribution in [0.15, 0.2) is 5.03 Å². The third-order valence-corrected chi connectivity index (χ3v) is 3.80. The number of nitriles is 1. The highest BCUT2D eigenvalue weighted by Crippen LogP contribution is 2.28. The summed E-state index contributed by atoms with van der Waals surface area (Å²) in [6.07, 6.45) is 1.46. The minimum absolute atomic E-state index is 0.340. The maximum Gasteiger partial charge on any atom is 0.318 e. The zero-order valence-corrected chi connectivity index (χ0v) is 12.4. The fraction of sp³-hybridized carbons (Fsp3) is 0.538. The lowest BCUT2D eigenvalue weighted by Crippen LogP contribution is -2.16. The van der Waals surface area contributed by atoms with Gasteiger partial charge in [0, 0.05) is 0 Å². The van der Waals surface area contributed by atoms with E-state index in [1.54, 1.807) is 6.92 Å². The second-order valence-electron chi connectivity index (χ2n) is 3.91. The van der Waals surface area contributed by atoms with E-state index in [4.69, 9.17) is 0 Å². The van der Waals surface area contributed by atoms with E-state index in [9.17, 15) is 10.1 Å². The molecule has 0 saturated heterocycles. The summed E-state index contributed by atoms with van der Waals surface area (Å²) in [5.41, 5.74) is 2.28. The lowest BCUT2D eigenvalue weighted by atomic mass is 10.1. The van der Waals surface area contributed by atoms with Gasteiger partial charge in [-0.05, 0) is 25.3 Å². The minimum Gasteiger partial charge on any atom is -0.468 e. The number of rotatable bonds is 5. The van der Waals surface area contributed by atoms with Gasteiger partial charge in [-0.3, -0.25) is 4.79 Å². The predicted molar refractivity (Wildman–Crippen MR) is 72.8 cm³/mol. The quantitative estimate of drug-likeness (QED) is 0.607. The van der Waals surface area contributed by atoms with Gasteiger partial charge in [-0.25, -0.2) is 0 Å². The molecule has 1 heterocycles. The third kappa shape index (κ3) is 3.44. The molecule has 1 atom stereocenters. The normalized spacial score (nSPS) is 11.7. The Balaban J connectivity index is 3.16. The predicted octanol–water partition coefficient (Wildman–Crippen LogP) is 2.13. The maximum absolute atomic E-state index is 11.4. The zero-order chi connectivity index (χ0) is 14.4. The van der Waals surface area contributed by atoms with Crippen LogP contribution in [0.1, 0.15) is 37.6 Å². The molecule has 0 N–H and O–H groups in total. The van der Waals surface area contributed by atoms with Crippen molar-refractivity contribution >= 4 is 17.7 Å². The molecule has 1 aromatic rings. The summed E-state index contributed by atoms with van der Waals surface area (Å²) in [6, 6.07) is 2.18. The monoisotopic (exact) mass is 279 g/mol. The van der Waals surface area contributed by atoms with Gasteiger partial charge in [0.2, 0.25) is 0 Å². The molecule has 1 aromatic heterocycles. The van der Waals surface area contributed by atoms with E-state index in [0.717, 1.165) is 24.1 Å². The molecule has 5 nitrogen and oxygen atoms in total. The molecule has 0 aliphatic heterocycles. The summed E-state index contributed by atoms with van der Waals surface area (Å²) >= 11 is 1.21. The van der Waals surface area contributed by atoms with Gasteiger partial charge in [0.05, 0.1) is 18.4 Å². The molecular weight excluding hydrogens is 262 g/mol. The van der Waals surface area contributed by atoms with Gasteiger partial charge in [0.1, 0.15) is 16.3 Å². The first-order chi connectivity index (χ1) is 9.08. The smallest absolute Gasteiger partial charge is 0.318 e. The molecule has 102 valence electrons. The van der Waals surface area contributed by atoms with Crippen molar-refractivity contribution in [2.75, 3.05) is 7.11 Å². The highest BCUT2D eigenvalue weighted by molar-refractivity contribution is 8.00. The lowest BCUT2D eigenvalue weighted by molar-refractivity contribution is -0.139. The molecule has 0 aromatic carbocycles. The number of carbonyl (C=O) groups is 1. The molecule has 19 heavy (non-hydrogen) atoms. The van der Waals surface area contributed by atoms with Crippen LogP contribution in [0.2, 0.25) is 0 Å². The molecule has 1 unspecified atom stereocenters. The van der Waals surface area contributed by atoms with Crippen molar-refractivity contribution in [2.45, 2.75) is 43.9 Å². The maximum atomic E-state index is 11.4. The van der Waals surface area contributed by atoms with Crippen LogP contribution in [0.4, 0.5) is 0 Å². The van der Waals surface area contributed by atoms with Crippen LogP contribution >= 0.6 is 11.8 Å². The Labute approximate surface area is 117 Å². The lowest BCUT2D eigenvalue weighted by Gasteiger charge is -2.12. The van der Waals surface area contributed by atoms with Crippen LogP contribution in [-0.2, 0) is 22.4 Å². The van der Waals surface area contributed by atoms with E-state index < -0.39 is 5.25 Å². The van der Waals surface area contributed by atoms with Crippen LogP contribution in [0.5, 0.6) is 0 Å². The summed E-state index contributed by atoms with van der Waals surface area (Å²) in [6.45, 7) is 5.68. The highest BCUT2D eigenvalue weighted by Gasteiger charge is 2.21. The average molecular weight is 279 g/mol. The molecule has 0 aliphatic carbocycles. The molecule has 0 aliphatic rings. The molecule has 0 spiro atoms. The van der Waals surface area contributed by atoms with E-state index in [1.807, 2.05) is 13.8 Å². The number of ether oxygens (including phenoxy) is 1. The van der Waals surface area contributed by atoms with Crippen molar-refractivity contribution < 1.29 is 9.53 Å². The second kappa shape index (κ2) is 7.10. The van der Waals surface area contributed by atoms with Gasteiger partial charge in [-0.15, -0.1) is 5.10 Å². The van der Waals surface area contributed by atoms with Crippen molar-refractivity contribution in [1.82, 2.24) is 10.2 Å². The number of thioether (sulfide) groups is 1. The topological polar surface area (TPSA) is 75.9 Å². The molecule has 0 amide bonds. The molecule has 0 radical (unpaired) electrons. The van der Waals surface area contributed by atoms with Gasteiger partial charge in [0.15, 0.2) is 0 Å². The van der Waals surface area contributed by atoms with Crippen LogP contribution in [-0.4, -0.2) is 28.5 Å². The number of aromatic nitrogens is 2. The fourth-order valence-corrected chi connectivity index (χ4v) is 2.64. The first kappa shape index (κ1) is 15.4. The van der Waals surface area contributed by atoms with Crippen molar-refractivity contribution in [3.63, 3.8) is 0 Å². The summed E-state index contributed by atoms with van der Waals surface area (Å²) < 4.78 is 4.67. The number of nitrogens with zero attached hydrogens (tertiary/aromatic N) is 3. The Morgan fingerprint density at radius 2 is 2.11 bits per heavy atom. The van der Waals surface area contributed by atoms with Crippen LogP contribution < -0.4 is 0 Å². The highest BCUT2D eigenvalue weighted by atomic mass is 32.2. The first-order valence-corrected chi connectivity index (χ1v) is 6.99. The largest absolute Gasteiger partial charge is 0.468 e. The van der Waals surface area contributed by atoms with E-state index in [2.05, 4.69) is 21.0 Å². The number of methoxy groups -OCH3 is 1. The Hall–Kier alpha value is -1.61. The Morgan fingerprint density at radius 1 is 1.42 bits per heavy atom. The molecule has 6 heteroatoms. The molecule has 0 saturated carbocycles. The van der Waals surface area contributed by atoms with Crippen molar-refractivity contribution in [2.24, 2.45) is 0 Å². The van der Waals surface area contributed by atoms with Crippen LogP contribution in [0.25, 0.3) is 0 Å². The van der Waals surface area contributed by atoms with Gasteiger partial charge in [-0.2, -0.15) is 10.4 Å². The van der Waals surface area contributed by atoms with Crippen molar-refractivity contribution in [3.8, 4) is 6.07 Å². The summed E-state index contributed by atoms with van der Waals surface area (Å²) in [5.74, 6) is -0.340. The van der Waals surface area contributed by atoms with Crippen molar-refractivity contribution in [3.05, 3.63) is 16.8 Å². The summed E-state index contributed by atoms with van der Waals surface area (Å²) in [5, 5.41) is 17.6. The number of esters is 1. The minimum atomic E-state index is -0.413. The van der Waals surface area contributed by atoms with Gasteiger partial charge in [0.25, 0.3) is 0 Å². The van der Waals surface area contributed by atoms with Gasteiger partial charge in [-0.1, -0.05) is 25.6 Å². The van der Waals surface area contributed by atoms with Crippen LogP contribution in [0, 0.1) is 11.3 Å². The second-order valence-corrected chi connectivity index (χ2v) is 5.24. The standard InChI is InChI=1S/C13H17N3O2S/c1-5-9-10(7-14)12(16-15-11(9)6-2)19-8(3)13(17)18-4/h8H,5-6H2,1-4H3. The fourth-order valence-electron chi connectivity index (χ4n) is 1.73. The summed E-state index contributed by atoms with van der Waals surface area (Å²) in [4.78, 5) is 11.4. The van der Waals surface area contributed by atoms with Crippen molar-refractivity contribution in [1.29, 1.82) is 5.26 Å². The molecular formula is C13H17N3O2S. The number of hydrogen-bond donors (Lipinski definition) is 0. The number of carbonyl (C=O) groups excluding carboxylic acids is 1. The van der Waals surface area contributed by atoms with E-state index >= 15 is 0 Å². The van der Waals surface area contributed by atoms with Gasteiger partial charge < -0.3 is 4.74 Å². The molecule has 0 fully saturated rings. The molecule has 0 bridgehead atoms.